The topological polar surface area (TPSA) is 62.6 Å². The first-order valence-electron chi connectivity index (χ1n) is 11.3. The molecule has 5 rings (SSSR count). The van der Waals surface area contributed by atoms with E-state index in [0.29, 0.717) is 29.3 Å². The second-order valence-corrected chi connectivity index (χ2v) is 9.42. The van der Waals surface area contributed by atoms with Gasteiger partial charge in [-0.2, -0.15) is 0 Å². The lowest BCUT2D eigenvalue weighted by atomic mass is 10.1. The molecule has 1 aliphatic heterocycles. The molecule has 174 valence electrons. The normalized spacial score (nSPS) is 14.1. The Hall–Kier alpha value is -4.03. The lowest BCUT2D eigenvalue weighted by molar-refractivity contribution is -0.114. The van der Waals surface area contributed by atoms with Crippen LogP contribution in [0.4, 0.5) is 5.69 Å². The Morgan fingerprint density at radius 1 is 0.971 bits per heavy atom. The van der Waals surface area contributed by atoms with Crippen LogP contribution in [0, 0.1) is 6.92 Å². The molecule has 2 amide bonds. The van der Waals surface area contributed by atoms with E-state index in [1.165, 1.54) is 17.3 Å². The highest BCUT2D eigenvalue weighted by molar-refractivity contribution is 8.04. The van der Waals surface area contributed by atoms with Gasteiger partial charge in [0.15, 0.2) is 0 Å². The molecular weight excluding hydrogens is 456 g/mol. The number of anilines is 1. The van der Waals surface area contributed by atoms with Crippen LogP contribution in [0.15, 0.2) is 105 Å². The summed E-state index contributed by atoms with van der Waals surface area (Å²) in [6, 6.07) is 27.1. The molecule has 0 saturated heterocycles. The smallest absolute Gasteiger partial charge is 0.265 e. The van der Waals surface area contributed by atoms with Crippen molar-refractivity contribution in [3.05, 3.63) is 124 Å². The number of nitrogens with zero attached hydrogens (tertiary/aromatic N) is 1. The van der Waals surface area contributed by atoms with E-state index < -0.39 is 0 Å². The van der Waals surface area contributed by atoms with Crippen molar-refractivity contribution in [2.45, 2.75) is 24.9 Å². The quantitative estimate of drug-likeness (QED) is 0.334. The van der Waals surface area contributed by atoms with Crippen LogP contribution in [0.2, 0.25) is 0 Å². The summed E-state index contributed by atoms with van der Waals surface area (Å²) >= 11 is 1.47. The molecule has 5 nitrogen and oxygen atoms in total. The van der Waals surface area contributed by atoms with E-state index in [2.05, 4.69) is 36.5 Å². The van der Waals surface area contributed by atoms with Crippen molar-refractivity contribution in [1.29, 1.82) is 0 Å². The second kappa shape index (κ2) is 10.1. The number of para-hydroxylation sites is 1. The van der Waals surface area contributed by atoms with E-state index in [0.717, 1.165) is 21.7 Å². The summed E-state index contributed by atoms with van der Waals surface area (Å²) in [6.45, 7) is 2.89. The van der Waals surface area contributed by atoms with Gasteiger partial charge in [0.2, 0.25) is 0 Å². The molecule has 0 unspecified atom stereocenters. The summed E-state index contributed by atoms with van der Waals surface area (Å²) < 4.78 is 5.25. The number of hydrogen-bond donors (Lipinski definition) is 1. The Bertz CT molecular complexity index is 1370. The molecule has 2 heterocycles. The zero-order valence-electron chi connectivity index (χ0n) is 19.2. The number of carbonyl (C=O) groups is 2. The van der Waals surface area contributed by atoms with Crippen LogP contribution in [-0.4, -0.2) is 11.8 Å². The summed E-state index contributed by atoms with van der Waals surface area (Å²) in [5, 5.41) is 2.84. The molecule has 3 aromatic carbocycles. The molecule has 4 aromatic rings. The monoisotopic (exact) mass is 480 g/mol. The van der Waals surface area contributed by atoms with Crippen molar-refractivity contribution in [1.82, 2.24) is 5.32 Å². The maximum absolute atomic E-state index is 13.5. The van der Waals surface area contributed by atoms with Crippen molar-refractivity contribution < 1.29 is 14.0 Å². The molecule has 1 aromatic heterocycles. The third-order valence-electron chi connectivity index (χ3n) is 5.77. The van der Waals surface area contributed by atoms with E-state index in [-0.39, 0.29) is 11.8 Å². The Morgan fingerprint density at radius 3 is 2.49 bits per heavy atom. The number of carbonyl (C=O) groups excluding carboxylic acids is 2. The second-order valence-electron chi connectivity index (χ2n) is 8.34. The standard InChI is InChI=1S/C29H24N2O3S/c1-20-8-10-22(11-9-20)19-31-25-6-2-3-7-26(25)35-27(29(31)33)17-21-12-14-23(15-13-21)28(32)30-18-24-5-4-16-34-24/h2-17H,18-19H2,1H3,(H,30,32)/b27-17+. The highest BCUT2D eigenvalue weighted by Crippen LogP contribution is 2.42. The summed E-state index contributed by atoms with van der Waals surface area (Å²) in [4.78, 5) is 29.5. The number of rotatable bonds is 6. The van der Waals surface area contributed by atoms with E-state index in [1.807, 2.05) is 53.4 Å². The summed E-state index contributed by atoms with van der Waals surface area (Å²) in [7, 11) is 0. The minimum atomic E-state index is -0.179. The number of aryl methyl sites for hydroxylation is 1. The number of nitrogens with one attached hydrogen (secondary N) is 1. The molecule has 0 atom stereocenters. The number of fused-ring (bicyclic) bond motifs is 1. The van der Waals surface area contributed by atoms with Gasteiger partial charge in [-0.05, 0) is 60.5 Å². The van der Waals surface area contributed by atoms with Crippen molar-refractivity contribution in [2.24, 2.45) is 0 Å². The highest BCUT2D eigenvalue weighted by Gasteiger charge is 2.29. The van der Waals surface area contributed by atoms with Crippen LogP contribution in [0.5, 0.6) is 0 Å². The van der Waals surface area contributed by atoms with E-state index in [1.54, 1.807) is 24.5 Å². The zero-order chi connectivity index (χ0) is 24.2. The molecule has 0 fully saturated rings. The zero-order valence-corrected chi connectivity index (χ0v) is 20.0. The van der Waals surface area contributed by atoms with Crippen LogP contribution in [0.1, 0.15) is 32.8 Å². The minimum absolute atomic E-state index is 0.0328. The van der Waals surface area contributed by atoms with E-state index in [4.69, 9.17) is 4.42 Å². The van der Waals surface area contributed by atoms with Crippen molar-refractivity contribution in [2.75, 3.05) is 4.90 Å². The minimum Gasteiger partial charge on any atom is -0.467 e. The van der Waals surface area contributed by atoms with Gasteiger partial charge in [0, 0.05) is 10.5 Å². The van der Waals surface area contributed by atoms with Crippen molar-refractivity contribution >= 4 is 35.3 Å². The van der Waals surface area contributed by atoms with Crippen molar-refractivity contribution in [3.63, 3.8) is 0 Å². The van der Waals surface area contributed by atoms with Crippen LogP contribution in [0.25, 0.3) is 6.08 Å². The summed E-state index contributed by atoms with van der Waals surface area (Å²) in [5.41, 5.74) is 4.60. The number of benzene rings is 3. The van der Waals surface area contributed by atoms with Crippen LogP contribution in [0.3, 0.4) is 0 Å². The molecule has 35 heavy (non-hydrogen) atoms. The fourth-order valence-electron chi connectivity index (χ4n) is 3.86. The van der Waals surface area contributed by atoms with Crippen LogP contribution >= 0.6 is 11.8 Å². The largest absolute Gasteiger partial charge is 0.467 e. The highest BCUT2D eigenvalue weighted by atomic mass is 32.2. The number of amides is 2. The third-order valence-corrected chi connectivity index (χ3v) is 6.84. The molecule has 0 saturated carbocycles. The third kappa shape index (κ3) is 5.23. The number of furan rings is 1. The maximum atomic E-state index is 13.5. The number of thioether (sulfide) groups is 1. The van der Waals surface area contributed by atoms with Crippen LogP contribution < -0.4 is 10.2 Å². The molecular formula is C29H24N2O3S. The number of hydrogen-bond acceptors (Lipinski definition) is 4. The Labute approximate surface area is 208 Å². The fourth-order valence-corrected chi connectivity index (χ4v) is 4.92. The molecule has 0 aliphatic carbocycles. The Balaban J connectivity index is 1.35. The molecule has 0 bridgehead atoms. The van der Waals surface area contributed by atoms with Gasteiger partial charge in [-0.1, -0.05) is 65.9 Å². The lowest BCUT2D eigenvalue weighted by Crippen LogP contribution is -2.33. The van der Waals surface area contributed by atoms with Gasteiger partial charge in [0.25, 0.3) is 11.8 Å². The fraction of sp³-hybridized carbons (Fsp3) is 0.103. The Morgan fingerprint density at radius 2 is 1.74 bits per heavy atom. The van der Waals surface area contributed by atoms with E-state index >= 15 is 0 Å². The van der Waals surface area contributed by atoms with Gasteiger partial charge in [-0.15, -0.1) is 0 Å². The predicted molar refractivity (Wildman–Crippen MR) is 139 cm³/mol. The van der Waals surface area contributed by atoms with Gasteiger partial charge >= 0.3 is 0 Å². The summed E-state index contributed by atoms with van der Waals surface area (Å²) in [6.07, 6.45) is 3.46. The first-order chi connectivity index (χ1) is 17.1. The molecule has 1 aliphatic rings. The van der Waals surface area contributed by atoms with Crippen LogP contribution in [-0.2, 0) is 17.9 Å². The van der Waals surface area contributed by atoms with Gasteiger partial charge in [-0.25, -0.2) is 0 Å². The van der Waals surface area contributed by atoms with Gasteiger partial charge in [-0.3, -0.25) is 9.59 Å². The van der Waals surface area contributed by atoms with Gasteiger partial charge in [0.1, 0.15) is 5.76 Å². The average molecular weight is 481 g/mol. The average Bonchev–Trinajstić information content (AvgIpc) is 3.40. The Kier molecular flexibility index (Phi) is 6.55. The van der Waals surface area contributed by atoms with E-state index in [9.17, 15) is 9.59 Å². The SMILES string of the molecule is Cc1ccc(CN2C(=O)/C(=C\c3ccc(C(=O)NCc4ccco4)cc3)Sc3ccccc32)cc1. The molecule has 0 spiro atoms. The molecule has 0 radical (unpaired) electrons. The summed E-state index contributed by atoms with van der Waals surface area (Å²) in [5.74, 6) is 0.486. The lowest BCUT2D eigenvalue weighted by Gasteiger charge is -2.30. The van der Waals surface area contributed by atoms with Crippen molar-refractivity contribution in [3.8, 4) is 0 Å². The predicted octanol–water partition coefficient (Wildman–Crippen LogP) is 6.20. The first kappa shape index (κ1) is 22.7. The van der Waals surface area contributed by atoms with Gasteiger partial charge < -0.3 is 14.6 Å². The van der Waals surface area contributed by atoms with Gasteiger partial charge in [0.05, 0.1) is 29.9 Å². The molecule has 1 N–H and O–H groups in total. The molecule has 6 heteroatoms. The maximum Gasteiger partial charge on any atom is 0.265 e. The first-order valence-corrected chi connectivity index (χ1v) is 12.1.